The van der Waals surface area contributed by atoms with Gasteiger partial charge < -0.3 is 9.84 Å². The Hall–Kier alpha value is -1.55. The number of fused-ring (bicyclic) bond motifs is 1. The van der Waals surface area contributed by atoms with Crippen molar-refractivity contribution in [3.8, 4) is 5.75 Å². The topological polar surface area (TPSA) is 49.8 Å². The highest BCUT2D eigenvalue weighted by atomic mass is 16.5. The second kappa shape index (κ2) is 7.29. The van der Waals surface area contributed by atoms with Gasteiger partial charge in [0, 0.05) is 19.5 Å². The third kappa shape index (κ3) is 4.23. The van der Waals surface area contributed by atoms with E-state index < -0.39 is 5.97 Å². The Kier molecular flexibility index (Phi) is 5.41. The summed E-state index contributed by atoms with van der Waals surface area (Å²) in [6.07, 6.45) is 3.02. The predicted octanol–water partition coefficient (Wildman–Crippen LogP) is 2.70. The molecule has 1 N–H and O–H groups in total. The van der Waals surface area contributed by atoms with Crippen LogP contribution in [0, 0.1) is 0 Å². The van der Waals surface area contributed by atoms with Gasteiger partial charge in [-0.3, -0.25) is 9.69 Å². The third-order valence-electron chi connectivity index (χ3n) is 3.61. The number of carboxylic acid groups (broad SMARTS) is 1. The molecule has 0 spiro atoms. The number of hydrogen-bond acceptors (Lipinski definition) is 3. The van der Waals surface area contributed by atoms with Crippen LogP contribution < -0.4 is 4.74 Å². The lowest BCUT2D eigenvalue weighted by atomic mass is 9.99. The number of ether oxygens (including phenoxy) is 1. The molecule has 1 heterocycles. The number of nitrogens with zero attached hydrogens (tertiary/aromatic N) is 1. The van der Waals surface area contributed by atoms with Crippen LogP contribution in [-0.4, -0.2) is 35.7 Å². The summed E-state index contributed by atoms with van der Waals surface area (Å²) in [5.74, 6) is 0.255. The highest BCUT2D eigenvalue weighted by Gasteiger charge is 2.16. The van der Waals surface area contributed by atoms with Crippen molar-refractivity contribution in [2.45, 2.75) is 39.2 Å². The van der Waals surface area contributed by atoms with E-state index in [1.165, 1.54) is 11.1 Å². The summed E-state index contributed by atoms with van der Waals surface area (Å²) >= 11 is 0. The normalized spacial score (nSPS) is 14.8. The zero-order chi connectivity index (χ0) is 14.4. The molecule has 20 heavy (non-hydrogen) atoms. The van der Waals surface area contributed by atoms with Gasteiger partial charge in [0.2, 0.25) is 0 Å². The van der Waals surface area contributed by atoms with Gasteiger partial charge in [-0.2, -0.15) is 0 Å². The van der Waals surface area contributed by atoms with Crippen LogP contribution in [0.3, 0.4) is 0 Å². The molecule has 2 rings (SSSR count). The predicted molar refractivity (Wildman–Crippen MR) is 78.1 cm³/mol. The second-order valence-corrected chi connectivity index (χ2v) is 5.30. The average Bonchev–Trinajstić information content (AvgIpc) is 2.44. The number of rotatable bonds is 7. The molecule has 0 saturated heterocycles. The molecule has 1 aromatic rings. The summed E-state index contributed by atoms with van der Waals surface area (Å²) in [4.78, 5) is 12.9. The van der Waals surface area contributed by atoms with E-state index in [0.29, 0.717) is 0 Å². The van der Waals surface area contributed by atoms with Gasteiger partial charge in [-0.1, -0.05) is 13.0 Å². The fraction of sp³-hybridized carbons (Fsp3) is 0.562. The summed E-state index contributed by atoms with van der Waals surface area (Å²) in [6.45, 7) is 5.65. The Morgan fingerprint density at radius 1 is 1.40 bits per heavy atom. The van der Waals surface area contributed by atoms with Gasteiger partial charge in [0.15, 0.2) is 0 Å². The minimum Gasteiger partial charge on any atom is -0.494 e. The first kappa shape index (κ1) is 14.9. The maximum absolute atomic E-state index is 10.5. The largest absolute Gasteiger partial charge is 0.494 e. The van der Waals surface area contributed by atoms with E-state index in [2.05, 4.69) is 24.0 Å². The van der Waals surface area contributed by atoms with Crippen LogP contribution in [-0.2, 0) is 17.8 Å². The molecule has 4 heteroatoms. The summed E-state index contributed by atoms with van der Waals surface area (Å²) in [5, 5.41) is 8.67. The monoisotopic (exact) mass is 277 g/mol. The van der Waals surface area contributed by atoms with Gasteiger partial charge >= 0.3 is 5.97 Å². The first-order chi connectivity index (χ1) is 9.69. The Morgan fingerprint density at radius 3 is 3.00 bits per heavy atom. The van der Waals surface area contributed by atoms with Crippen LogP contribution in [0.15, 0.2) is 18.2 Å². The van der Waals surface area contributed by atoms with Gasteiger partial charge in [-0.25, -0.2) is 0 Å². The Bertz CT molecular complexity index is 459. The molecule has 0 aliphatic carbocycles. The van der Waals surface area contributed by atoms with E-state index >= 15 is 0 Å². The molecule has 1 aliphatic heterocycles. The zero-order valence-corrected chi connectivity index (χ0v) is 12.1. The second-order valence-electron chi connectivity index (χ2n) is 5.30. The summed E-state index contributed by atoms with van der Waals surface area (Å²) in [5.41, 5.74) is 2.71. The molecule has 0 radical (unpaired) electrons. The number of carbonyl (C=O) groups is 1. The van der Waals surface area contributed by atoms with Crippen LogP contribution in [0.1, 0.15) is 37.3 Å². The molecule has 0 fully saturated rings. The zero-order valence-electron chi connectivity index (χ0n) is 12.1. The van der Waals surface area contributed by atoms with Crippen molar-refractivity contribution in [3.05, 3.63) is 29.3 Å². The van der Waals surface area contributed by atoms with Gasteiger partial charge in [0.05, 0.1) is 6.61 Å². The summed E-state index contributed by atoms with van der Waals surface area (Å²) in [7, 11) is 0. The van der Waals surface area contributed by atoms with Gasteiger partial charge in [-0.15, -0.1) is 0 Å². The lowest BCUT2D eigenvalue weighted by Crippen LogP contribution is -2.31. The molecule has 0 bridgehead atoms. The third-order valence-corrected chi connectivity index (χ3v) is 3.61. The first-order valence-electron chi connectivity index (χ1n) is 7.38. The SMILES string of the molecule is CCCOc1ccc2c(c1)CCN(CCCC(=O)O)C2. The van der Waals surface area contributed by atoms with Crippen LogP contribution in [0.2, 0.25) is 0 Å². The fourth-order valence-electron chi connectivity index (χ4n) is 2.54. The number of carboxylic acids is 1. The van der Waals surface area contributed by atoms with Crippen molar-refractivity contribution in [1.29, 1.82) is 0 Å². The Labute approximate surface area is 120 Å². The standard InChI is InChI=1S/C16H23NO3/c1-2-10-20-15-6-5-14-12-17(8-3-4-16(18)19)9-7-13(14)11-15/h5-6,11H,2-4,7-10,12H2,1H3,(H,18,19). The number of hydrogen-bond donors (Lipinski definition) is 1. The van der Waals surface area contributed by atoms with E-state index in [1.54, 1.807) is 0 Å². The van der Waals surface area contributed by atoms with Crippen LogP contribution in [0.25, 0.3) is 0 Å². The van der Waals surface area contributed by atoms with Gasteiger partial charge in [0.25, 0.3) is 0 Å². The average molecular weight is 277 g/mol. The molecular weight excluding hydrogens is 254 g/mol. The lowest BCUT2D eigenvalue weighted by molar-refractivity contribution is -0.137. The van der Waals surface area contributed by atoms with E-state index in [4.69, 9.17) is 9.84 Å². The summed E-state index contributed by atoms with van der Waals surface area (Å²) < 4.78 is 5.66. The first-order valence-corrected chi connectivity index (χ1v) is 7.38. The molecule has 0 amide bonds. The van der Waals surface area contributed by atoms with Crippen molar-refractivity contribution < 1.29 is 14.6 Å². The molecule has 4 nitrogen and oxygen atoms in total. The molecule has 1 aliphatic rings. The van der Waals surface area contributed by atoms with E-state index in [1.807, 2.05) is 6.07 Å². The summed E-state index contributed by atoms with van der Waals surface area (Å²) in [6, 6.07) is 6.33. The molecular formula is C16H23NO3. The Balaban J connectivity index is 1.88. The minimum atomic E-state index is -0.708. The fourth-order valence-corrected chi connectivity index (χ4v) is 2.54. The molecule has 110 valence electrons. The van der Waals surface area contributed by atoms with Crippen molar-refractivity contribution in [2.24, 2.45) is 0 Å². The van der Waals surface area contributed by atoms with E-state index in [0.717, 1.165) is 51.3 Å². The highest BCUT2D eigenvalue weighted by Crippen LogP contribution is 2.24. The molecule has 0 aromatic heterocycles. The van der Waals surface area contributed by atoms with E-state index in [-0.39, 0.29) is 6.42 Å². The maximum atomic E-state index is 10.5. The minimum absolute atomic E-state index is 0.257. The maximum Gasteiger partial charge on any atom is 0.303 e. The lowest BCUT2D eigenvalue weighted by Gasteiger charge is -2.28. The quantitative estimate of drug-likeness (QED) is 0.832. The smallest absolute Gasteiger partial charge is 0.303 e. The van der Waals surface area contributed by atoms with Crippen LogP contribution in [0.4, 0.5) is 0 Å². The van der Waals surface area contributed by atoms with Crippen molar-refractivity contribution in [3.63, 3.8) is 0 Å². The molecule has 0 unspecified atom stereocenters. The van der Waals surface area contributed by atoms with Crippen LogP contribution in [0.5, 0.6) is 5.75 Å². The molecule has 1 aromatic carbocycles. The molecule has 0 saturated carbocycles. The number of aliphatic carboxylic acids is 1. The van der Waals surface area contributed by atoms with Gasteiger partial charge in [0.1, 0.15) is 5.75 Å². The highest BCUT2D eigenvalue weighted by molar-refractivity contribution is 5.66. The Morgan fingerprint density at radius 2 is 2.25 bits per heavy atom. The molecule has 0 atom stereocenters. The number of benzene rings is 1. The van der Waals surface area contributed by atoms with E-state index in [9.17, 15) is 4.79 Å². The van der Waals surface area contributed by atoms with Crippen LogP contribution >= 0.6 is 0 Å². The van der Waals surface area contributed by atoms with Crippen molar-refractivity contribution in [1.82, 2.24) is 4.90 Å². The van der Waals surface area contributed by atoms with Crippen molar-refractivity contribution in [2.75, 3.05) is 19.7 Å². The van der Waals surface area contributed by atoms with Crippen molar-refractivity contribution >= 4 is 5.97 Å². The van der Waals surface area contributed by atoms with Gasteiger partial charge in [-0.05, 0) is 49.1 Å².